The summed E-state index contributed by atoms with van der Waals surface area (Å²) in [5.74, 6) is 1.96. The molecule has 0 aliphatic carbocycles. The maximum absolute atomic E-state index is 8.83. The van der Waals surface area contributed by atoms with Crippen LogP contribution in [0.3, 0.4) is 0 Å². The van der Waals surface area contributed by atoms with Gasteiger partial charge in [0.25, 0.3) is 0 Å². The highest BCUT2D eigenvalue weighted by molar-refractivity contribution is 5.40. The molecule has 0 aliphatic heterocycles. The number of anilines is 1. The molecule has 0 saturated heterocycles. The smallest absolute Gasteiger partial charge is 0.219 e. The van der Waals surface area contributed by atoms with E-state index in [1.165, 1.54) is 43.9 Å². The van der Waals surface area contributed by atoms with Gasteiger partial charge in [-0.15, -0.1) is 0 Å². The molecule has 1 atom stereocenters. The minimum atomic E-state index is 0.149. The van der Waals surface area contributed by atoms with Gasteiger partial charge in [0, 0.05) is 6.07 Å². The summed E-state index contributed by atoms with van der Waals surface area (Å²) in [5.41, 5.74) is 4.09. The molecular weight excluding hydrogens is 324 g/mol. The van der Waals surface area contributed by atoms with Gasteiger partial charge in [-0.1, -0.05) is 59.1 Å². The van der Waals surface area contributed by atoms with Gasteiger partial charge in [-0.3, -0.25) is 10.7 Å². The number of nitrogens with one attached hydrogen (secondary N) is 1. The average Bonchev–Trinajstić information content (AvgIpc) is 2.66. The number of ether oxygens (including phenoxy) is 1. The Morgan fingerprint density at radius 2 is 1.77 bits per heavy atom. The van der Waals surface area contributed by atoms with Gasteiger partial charge < -0.3 is 4.74 Å². The van der Waals surface area contributed by atoms with Crippen molar-refractivity contribution in [3.8, 4) is 11.6 Å². The van der Waals surface area contributed by atoms with E-state index in [1.807, 2.05) is 12.1 Å². The zero-order valence-corrected chi connectivity index (χ0v) is 16.5. The lowest BCUT2D eigenvalue weighted by atomic mass is 9.69. The van der Waals surface area contributed by atoms with Crippen LogP contribution in [0, 0.1) is 5.92 Å². The van der Waals surface area contributed by atoms with Crippen LogP contribution in [0.2, 0.25) is 0 Å². The zero-order valence-electron chi connectivity index (χ0n) is 16.5. The third-order valence-electron chi connectivity index (χ3n) is 5.25. The highest BCUT2D eigenvalue weighted by Crippen LogP contribution is 2.38. The van der Waals surface area contributed by atoms with Gasteiger partial charge in [0.1, 0.15) is 5.75 Å². The van der Waals surface area contributed by atoms with Gasteiger partial charge in [-0.25, -0.2) is 4.98 Å². The number of pyridine rings is 1. The topological polar surface area (TPSA) is 54.4 Å². The molecule has 2 rings (SSSR count). The fourth-order valence-electron chi connectivity index (χ4n) is 3.48. The molecule has 26 heavy (non-hydrogen) atoms. The molecule has 0 fully saturated rings. The minimum absolute atomic E-state index is 0.149. The molecule has 0 aliphatic rings. The van der Waals surface area contributed by atoms with E-state index in [0.29, 0.717) is 17.5 Å². The molecule has 1 unspecified atom stereocenters. The number of unbranched alkanes of at least 4 members (excludes halogenated alkanes) is 1. The molecule has 0 spiro atoms. The molecule has 1 aromatic heterocycles. The maximum Gasteiger partial charge on any atom is 0.219 e. The van der Waals surface area contributed by atoms with Crippen molar-refractivity contribution >= 4 is 5.69 Å². The number of benzene rings is 1. The SMILES string of the molecule is CCCCC(CCC)C(C)(C)c1ccc(Oc2ccc(NO)cn2)cc1. The Balaban J connectivity index is 2.10. The summed E-state index contributed by atoms with van der Waals surface area (Å²) >= 11 is 0. The second-order valence-corrected chi connectivity index (χ2v) is 7.47. The Bertz CT molecular complexity index is 651. The van der Waals surface area contributed by atoms with Gasteiger partial charge >= 0.3 is 0 Å². The Labute approximate surface area is 157 Å². The molecule has 0 radical (unpaired) electrons. The Morgan fingerprint density at radius 3 is 2.31 bits per heavy atom. The summed E-state index contributed by atoms with van der Waals surface area (Å²) in [6.45, 7) is 9.26. The predicted molar refractivity (Wildman–Crippen MR) is 107 cm³/mol. The first kappa shape index (κ1) is 20.2. The van der Waals surface area contributed by atoms with Crippen LogP contribution < -0.4 is 10.2 Å². The summed E-state index contributed by atoms with van der Waals surface area (Å²) < 4.78 is 5.80. The highest BCUT2D eigenvalue weighted by atomic mass is 16.5. The molecule has 1 heterocycles. The van der Waals surface area contributed by atoms with Crippen molar-refractivity contribution in [2.45, 2.75) is 65.2 Å². The monoisotopic (exact) mass is 356 g/mol. The minimum Gasteiger partial charge on any atom is -0.439 e. The first-order valence-corrected chi connectivity index (χ1v) is 9.65. The number of hydrogen-bond donors (Lipinski definition) is 2. The van der Waals surface area contributed by atoms with E-state index in [4.69, 9.17) is 9.94 Å². The van der Waals surface area contributed by atoms with E-state index in [1.54, 1.807) is 12.1 Å². The van der Waals surface area contributed by atoms with E-state index in [-0.39, 0.29) is 5.41 Å². The van der Waals surface area contributed by atoms with Gasteiger partial charge in [0.15, 0.2) is 0 Å². The summed E-state index contributed by atoms with van der Waals surface area (Å²) in [4.78, 5) is 4.16. The second kappa shape index (κ2) is 9.58. The van der Waals surface area contributed by atoms with Crippen LogP contribution in [0.25, 0.3) is 0 Å². The van der Waals surface area contributed by atoms with Crippen molar-refractivity contribution in [2.75, 3.05) is 5.48 Å². The molecule has 1 aromatic carbocycles. The van der Waals surface area contributed by atoms with E-state index in [2.05, 4.69) is 50.3 Å². The van der Waals surface area contributed by atoms with E-state index >= 15 is 0 Å². The molecule has 0 saturated carbocycles. The van der Waals surface area contributed by atoms with Crippen molar-refractivity contribution in [1.82, 2.24) is 4.98 Å². The molecule has 142 valence electrons. The van der Waals surface area contributed by atoms with E-state index in [9.17, 15) is 0 Å². The van der Waals surface area contributed by atoms with Gasteiger partial charge in [-0.2, -0.15) is 0 Å². The number of nitrogens with zero attached hydrogens (tertiary/aromatic N) is 1. The van der Waals surface area contributed by atoms with E-state index in [0.717, 1.165) is 5.75 Å². The lowest BCUT2D eigenvalue weighted by Gasteiger charge is -2.35. The molecule has 4 nitrogen and oxygen atoms in total. The van der Waals surface area contributed by atoms with Crippen molar-refractivity contribution in [2.24, 2.45) is 5.92 Å². The van der Waals surface area contributed by atoms with E-state index < -0.39 is 0 Å². The van der Waals surface area contributed by atoms with Crippen molar-refractivity contribution < 1.29 is 9.94 Å². The van der Waals surface area contributed by atoms with Crippen molar-refractivity contribution in [1.29, 1.82) is 0 Å². The lowest BCUT2D eigenvalue weighted by Crippen LogP contribution is -2.28. The third-order valence-corrected chi connectivity index (χ3v) is 5.25. The number of aromatic nitrogens is 1. The van der Waals surface area contributed by atoms with Crippen LogP contribution in [0.15, 0.2) is 42.6 Å². The standard InChI is InChI=1S/C22H32N2O2/c1-5-7-9-17(8-6-2)22(3,4)18-10-13-20(14-11-18)26-21-15-12-19(24-25)16-23-21/h10-17,24-25H,5-9H2,1-4H3. The normalized spacial score (nSPS) is 12.7. The second-order valence-electron chi connectivity index (χ2n) is 7.47. The summed E-state index contributed by atoms with van der Waals surface area (Å²) in [6.07, 6.45) is 7.84. The summed E-state index contributed by atoms with van der Waals surface area (Å²) in [5, 5.41) is 8.83. The Kier molecular flexibility index (Phi) is 7.46. The van der Waals surface area contributed by atoms with Crippen LogP contribution >= 0.6 is 0 Å². The Hall–Kier alpha value is -2.07. The lowest BCUT2D eigenvalue weighted by molar-refractivity contribution is 0.271. The fraction of sp³-hybridized carbons (Fsp3) is 0.500. The first-order valence-electron chi connectivity index (χ1n) is 9.65. The zero-order chi connectivity index (χ0) is 19.0. The Morgan fingerprint density at radius 1 is 1.04 bits per heavy atom. The van der Waals surface area contributed by atoms with Crippen LogP contribution in [-0.2, 0) is 5.41 Å². The first-order chi connectivity index (χ1) is 12.5. The summed E-state index contributed by atoms with van der Waals surface area (Å²) in [6, 6.07) is 11.8. The predicted octanol–water partition coefficient (Wildman–Crippen LogP) is 6.56. The molecule has 0 bridgehead atoms. The molecule has 2 N–H and O–H groups in total. The highest BCUT2D eigenvalue weighted by Gasteiger charge is 2.30. The average molecular weight is 357 g/mol. The van der Waals surface area contributed by atoms with Crippen LogP contribution in [0.4, 0.5) is 5.69 Å². The van der Waals surface area contributed by atoms with Crippen LogP contribution in [-0.4, -0.2) is 10.2 Å². The van der Waals surface area contributed by atoms with Crippen LogP contribution in [0.1, 0.15) is 65.4 Å². The van der Waals surface area contributed by atoms with Crippen LogP contribution in [0.5, 0.6) is 11.6 Å². The third kappa shape index (κ3) is 5.21. The van der Waals surface area contributed by atoms with Gasteiger partial charge in [-0.05, 0) is 47.9 Å². The molecule has 4 heteroatoms. The maximum atomic E-state index is 8.83. The number of rotatable bonds is 10. The van der Waals surface area contributed by atoms with Gasteiger partial charge in [0.2, 0.25) is 5.88 Å². The largest absolute Gasteiger partial charge is 0.439 e. The summed E-state index contributed by atoms with van der Waals surface area (Å²) in [7, 11) is 0. The fourth-order valence-corrected chi connectivity index (χ4v) is 3.48. The van der Waals surface area contributed by atoms with Crippen molar-refractivity contribution in [3.63, 3.8) is 0 Å². The van der Waals surface area contributed by atoms with Gasteiger partial charge in [0.05, 0.1) is 11.9 Å². The quantitative estimate of drug-likeness (QED) is 0.473. The molecular formula is C22H32N2O2. The van der Waals surface area contributed by atoms with Crippen molar-refractivity contribution in [3.05, 3.63) is 48.2 Å². The number of hydrogen-bond acceptors (Lipinski definition) is 4. The molecule has 0 amide bonds. The molecule has 2 aromatic rings.